The Morgan fingerprint density at radius 1 is 1.02 bits per heavy atom. The summed E-state index contributed by atoms with van der Waals surface area (Å²) >= 11 is 1.57. The van der Waals surface area contributed by atoms with Gasteiger partial charge in [-0.2, -0.15) is 0 Å². The molecule has 0 aliphatic heterocycles. The maximum Gasteiger partial charge on any atom is 0.336 e. The van der Waals surface area contributed by atoms with E-state index in [0.29, 0.717) is 12.0 Å². The first-order chi connectivity index (χ1) is 20.0. The number of aromatic nitrogens is 4. The zero-order chi connectivity index (χ0) is 30.7. The van der Waals surface area contributed by atoms with E-state index >= 15 is 0 Å². The lowest BCUT2D eigenvalue weighted by Gasteiger charge is -2.33. The van der Waals surface area contributed by atoms with Crippen LogP contribution < -0.4 is 0 Å². The number of aliphatic hydroxyl groups is 1. The third kappa shape index (κ3) is 9.89. The van der Waals surface area contributed by atoms with Gasteiger partial charge in [0.2, 0.25) is 0 Å². The second-order valence-corrected chi connectivity index (χ2v) is 11.0. The van der Waals surface area contributed by atoms with Crippen LogP contribution in [0.1, 0.15) is 54.7 Å². The van der Waals surface area contributed by atoms with Crippen LogP contribution in [-0.4, -0.2) is 81.2 Å². The van der Waals surface area contributed by atoms with E-state index in [1.54, 1.807) is 11.8 Å². The maximum absolute atomic E-state index is 10.3. The molecule has 226 valence electrons. The Bertz CT molecular complexity index is 1310. The van der Waals surface area contributed by atoms with Gasteiger partial charge in [0.1, 0.15) is 5.76 Å². The van der Waals surface area contributed by atoms with Gasteiger partial charge >= 0.3 is 17.9 Å². The average Bonchev–Trinajstić information content (AvgIpc) is 3.57. The molecule has 1 saturated carbocycles. The van der Waals surface area contributed by atoms with Crippen molar-refractivity contribution in [1.82, 2.24) is 25.0 Å². The summed E-state index contributed by atoms with van der Waals surface area (Å²) in [5.41, 5.74) is 0.646. The first-order valence-electron chi connectivity index (χ1n) is 13.3. The normalized spacial score (nSPS) is 16.6. The lowest BCUT2D eigenvalue weighted by Crippen LogP contribution is -2.42. The number of carbonyl (C=O) groups is 3. The minimum Gasteiger partial charge on any atom is -0.481 e. The third-order valence-corrected chi connectivity index (χ3v) is 7.47. The Balaban J connectivity index is 0.000000316. The summed E-state index contributed by atoms with van der Waals surface area (Å²) in [5, 5.41) is 38.7. The Kier molecular flexibility index (Phi) is 11.9. The number of rotatable bonds is 13. The monoisotopic (exact) mass is 601 g/mol. The number of nitrogens with zero attached hydrogens (tertiary/aromatic N) is 5. The molecule has 4 rings (SSSR count). The third-order valence-electron chi connectivity index (χ3n) is 6.90. The van der Waals surface area contributed by atoms with Crippen molar-refractivity contribution in [2.24, 2.45) is 5.92 Å². The van der Waals surface area contributed by atoms with Crippen LogP contribution >= 0.6 is 11.8 Å². The van der Waals surface area contributed by atoms with Crippen molar-refractivity contribution in [3.8, 4) is 0 Å². The lowest BCUT2D eigenvalue weighted by molar-refractivity contribution is -0.170. The highest BCUT2D eigenvalue weighted by atomic mass is 32.2. The Labute approximate surface area is 247 Å². The van der Waals surface area contributed by atoms with Crippen LogP contribution in [-0.2, 0) is 33.9 Å². The Hall–Kier alpha value is -3.88. The van der Waals surface area contributed by atoms with Crippen molar-refractivity contribution < 1.29 is 39.3 Å². The molecule has 1 fully saturated rings. The van der Waals surface area contributed by atoms with E-state index < -0.39 is 36.4 Å². The molecule has 0 spiro atoms. The van der Waals surface area contributed by atoms with Crippen molar-refractivity contribution in [1.29, 1.82) is 0 Å². The van der Waals surface area contributed by atoms with E-state index in [1.165, 1.54) is 24.8 Å². The molecule has 14 heteroatoms. The maximum atomic E-state index is 10.3. The summed E-state index contributed by atoms with van der Waals surface area (Å²) in [4.78, 5) is 46.2. The number of carboxylic acid groups (broad SMARTS) is 3. The second kappa shape index (κ2) is 15.4. The molecular formula is C28H35N5O8S. The Morgan fingerprint density at radius 3 is 2.17 bits per heavy atom. The molecule has 0 amide bonds. The standard InChI is InChI=1S/C22H27N5OS.C6H8O7/c1-16-10-20(28-26-16)11-19-4-3-5-21(19)27(14-17-6-8-23-9-7-17)15-18-12-24-22(29-2)25-13-18;7-3(8)1-6(13,5(11)12)2-4(9)10/h6-10,12-13,19,21H,3-5,11,14-15H2,1-2H3;13H,1-2H2,(H,7,8)(H,9,10)(H,11,12)/t19-,21+;/m0./s1. The molecule has 0 unspecified atom stereocenters. The van der Waals surface area contributed by atoms with Crippen LogP contribution in [0, 0.1) is 12.8 Å². The summed E-state index contributed by atoms with van der Waals surface area (Å²) in [6.45, 7) is 3.71. The number of aliphatic carboxylic acids is 3. The van der Waals surface area contributed by atoms with Crippen LogP contribution in [0.3, 0.4) is 0 Å². The highest BCUT2D eigenvalue weighted by Gasteiger charge is 2.40. The molecule has 1 aliphatic carbocycles. The van der Waals surface area contributed by atoms with E-state index in [4.69, 9.17) is 24.9 Å². The number of hydrogen-bond acceptors (Lipinski definition) is 11. The summed E-state index contributed by atoms with van der Waals surface area (Å²) < 4.78 is 5.52. The van der Waals surface area contributed by atoms with Crippen molar-refractivity contribution in [2.75, 3.05) is 6.26 Å². The van der Waals surface area contributed by atoms with Crippen molar-refractivity contribution in [3.63, 3.8) is 0 Å². The molecular weight excluding hydrogens is 566 g/mol. The van der Waals surface area contributed by atoms with Crippen molar-refractivity contribution in [2.45, 2.75) is 75.3 Å². The second-order valence-electron chi connectivity index (χ2n) is 10.2. The van der Waals surface area contributed by atoms with E-state index in [0.717, 1.165) is 41.7 Å². The molecule has 0 bridgehead atoms. The quantitative estimate of drug-likeness (QED) is 0.164. The van der Waals surface area contributed by atoms with Gasteiger partial charge in [-0.1, -0.05) is 23.3 Å². The number of pyridine rings is 1. The molecule has 2 atom stereocenters. The van der Waals surface area contributed by atoms with Gasteiger partial charge < -0.3 is 24.9 Å². The molecule has 0 aromatic carbocycles. The fraction of sp³-hybridized carbons (Fsp3) is 0.464. The van der Waals surface area contributed by atoms with Crippen molar-refractivity contribution in [3.05, 3.63) is 65.6 Å². The number of hydrogen-bond donors (Lipinski definition) is 4. The first kappa shape index (κ1) is 32.6. The molecule has 0 radical (unpaired) electrons. The summed E-state index contributed by atoms with van der Waals surface area (Å²) in [5.74, 6) is -3.46. The smallest absolute Gasteiger partial charge is 0.336 e. The van der Waals surface area contributed by atoms with Gasteiger partial charge in [0.15, 0.2) is 10.8 Å². The average molecular weight is 602 g/mol. The van der Waals surface area contributed by atoms with E-state index in [2.05, 4.69) is 43.2 Å². The highest BCUT2D eigenvalue weighted by molar-refractivity contribution is 7.98. The van der Waals surface area contributed by atoms with Gasteiger partial charge in [-0.05, 0) is 49.6 Å². The molecule has 0 saturated heterocycles. The van der Waals surface area contributed by atoms with Crippen LogP contribution in [0.25, 0.3) is 0 Å². The topological polar surface area (TPSA) is 200 Å². The van der Waals surface area contributed by atoms with Gasteiger partial charge in [-0.25, -0.2) is 14.8 Å². The SMILES string of the molecule is CSc1ncc(CN(Cc2ccncc2)[C@@H]2CCC[C@H]2Cc2cc(C)no2)cn1.O=C(O)CC(O)(CC(=O)O)C(=O)O. The molecule has 13 nitrogen and oxygen atoms in total. The largest absolute Gasteiger partial charge is 0.481 e. The van der Waals surface area contributed by atoms with Gasteiger partial charge in [-0.3, -0.25) is 19.5 Å². The number of thioether (sulfide) groups is 1. The molecule has 3 aromatic rings. The van der Waals surface area contributed by atoms with E-state index in [-0.39, 0.29) is 0 Å². The van der Waals surface area contributed by atoms with Crippen LogP contribution in [0.4, 0.5) is 0 Å². The molecule has 4 N–H and O–H groups in total. The number of carboxylic acids is 3. The predicted molar refractivity (Wildman–Crippen MR) is 150 cm³/mol. The molecule has 1 aliphatic rings. The van der Waals surface area contributed by atoms with Gasteiger partial charge in [0, 0.05) is 62.0 Å². The van der Waals surface area contributed by atoms with Gasteiger partial charge in [0.25, 0.3) is 0 Å². The molecule has 3 aromatic heterocycles. The number of aryl methyl sites for hydroxylation is 1. The predicted octanol–water partition coefficient (Wildman–Crippen LogP) is 3.06. The highest BCUT2D eigenvalue weighted by Crippen LogP contribution is 2.34. The zero-order valence-electron chi connectivity index (χ0n) is 23.4. The summed E-state index contributed by atoms with van der Waals surface area (Å²) in [7, 11) is 0. The van der Waals surface area contributed by atoms with Crippen LogP contribution in [0.2, 0.25) is 0 Å². The van der Waals surface area contributed by atoms with E-state index in [1.807, 2.05) is 38.0 Å². The molecule has 42 heavy (non-hydrogen) atoms. The van der Waals surface area contributed by atoms with Gasteiger partial charge in [-0.15, -0.1) is 0 Å². The summed E-state index contributed by atoms with van der Waals surface area (Å²) in [6.07, 6.45) is 12.0. The fourth-order valence-electron chi connectivity index (χ4n) is 5.00. The van der Waals surface area contributed by atoms with E-state index in [9.17, 15) is 14.4 Å². The van der Waals surface area contributed by atoms with Gasteiger partial charge in [0.05, 0.1) is 18.5 Å². The minimum absolute atomic E-state index is 0.494. The van der Waals surface area contributed by atoms with Crippen LogP contribution in [0.5, 0.6) is 0 Å². The molecule has 3 heterocycles. The van der Waals surface area contributed by atoms with Crippen LogP contribution in [0.15, 0.2) is 52.7 Å². The minimum atomic E-state index is -2.74. The fourth-order valence-corrected chi connectivity index (χ4v) is 5.31. The lowest BCUT2D eigenvalue weighted by atomic mass is 9.96. The Morgan fingerprint density at radius 2 is 1.64 bits per heavy atom. The zero-order valence-corrected chi connectivity index (χ0v) is 24.2. The van der Waals surface area contributed by atoms with Crippen molar-refractivity contribution >= 4 is 29.7 Å². The summed E-state index contributed by atoms with van der Waals surface area (Å²) in [6, 6.07) is 6.76. The first-order valence-corrected chi connectivity index (χ1v) is 14.5.